The van der Waals surface area contributed by atoms with E-state index in [4.69, 9.17) is 5.11 Å². The minimum atomic E-state index is -0.959. The van der Waals surface area contributed by atoms with Crippen LogP contribution in [-0.4, -0.2) is 22.3 Å². The molecule has 0 fully saturated rings. The van der Waals surface area contributed by atoms with E-state index in [0.29, 0.717) is 5.56 Å². The van der Waals surface area contributed by atoms with Crippen molar-refractivity contribution < 1.29 is 15.0 Å². The van der Waals surface area contributed by atoms with E-state index in [2.05, 4.69) is 0 Å². The number of aliphatic hydroxyl groups is 1. The lowest BCUT2D eigenvalue weighted by Crippen LogP contribution is -2.32. The molecule has 0 spiro atoms. The van der Waals surface area contributed by atoms with E-state index in [1.165, 1.54) is 0 Å². The van der Waals surface area contributed by atoms with Crippen LogP contribution in [-0.2, 0) is 5.41 Å². The Bertz CT molecular complexity index is 367. The first-order chi connectivity index (χ1) is 6.87. The molecule has 1 rings (SSSR count). The van der Waals surface area contributed by atoms with Crippen molar-refractivity contribution in [1.29, 1.82) is 0 Å². The van der Waals surface area contributed by atoms with E-state index in [0.717, 1.165) is 0 Å². The maximum Gasteiger partial charge on any atom is 0.335 e. The minimum Gasteiger partial charge on any atom is -0.478 e. The summed E-state index contributed by atoms with van der Waals surface area (Å²) in [6, 6.07) is 6.77. The smallest absolute Gasteiger partial charge is 0.335 e. The van der Waals surface area contributed by atoms with Crippen LogP contribution in [0.25, 0.3) is 0 Å². The van der Waals surface area contributed by atoms with Crippen molar-refractivity contribution >= 4 is 5.97 Å². The fraction of sp³-hybridized carbons (Fsp3) is 0.417. The molecule has 1 unspecified atom stereocenters. The summed E-state index contributed by atoms with van der Waals surface area (Å²) in [7, 11) is 0. The summed E-state index contributed by atoms with van der Waals surface area (Å²) in [4.78, 5) is 11.0. The van der Waals surface area contributed by atoms with Crippen molar-refractivity contribution in [3.05, 3.63) is 35.4 Å². The third kappa shape index (κ3) is 2.18. The fourth-order valence-electron chi connectivity index (χ4n) is 1.46. The lowest BCUT2D eigenvalue weighted by Gasteiger charge is -2.29. The first-order valence-electron chi connectivity index (χ1n) is 4.88. The van der Waals surface area contributed by atoms with Crippen LogP contribution in [0.2, 0.25) is 0 Å². The van der Waals surface area contributed by atoms with Gasteiger partial charge in [0.05, 0.1) is 11.7 Å². The van der Waals surface area contributed by atoms with Crippen LogP contribution in [0.4, 0.5) is 0 Å². The summed E-state index contributed by atoms with van der Waals surface area (Å²) >= 11 is 0. The van der Waals surface area contributed by atoms with Crippen LogP contribution in [0.3, 0.4) is 0 Å². The Labute approximate surface area is 89.4 Å². The molecule has 3 heteroatoms. The molecule has 1 aromatic rings. The van der Waals surface area contributed by atoms with Crippen molar-refractivity contribution in [3.63, 3.8) is 0 Å². The zero-order valence-electron chi connectivity index (χ0n) is 9.19. The highest BCUT2D eigenvalue weighted by molar-refractivity contribution is 5.89. The second-order valence-electron chi connectivity index (χ2n) is 4.25. The van der Waals surface area contributed by atoms with Crippen molar-refractivity contribution in [2.24, 2.45) is 0 Å². The van der Waals surface area contributed by atoms with Gasteiger partial charge in [0.15, 0.2) is 0 Å². The van der Waals surface area contributed by atoms with Crippen LogP contribution in [0.15, 0.2) is 24.3 Å². The van der Waals surface area contributed by atoms with Gasteiger partial charge < -0.3 is 10.2 Å². The lowest BCUT2D eigenvalue weighted by molar-refractivity contribution is 0.0688. The standard InChI is InChI=1S/C12H16O3/c1-8(13)12(2,3)10-7-5-4-6-9(10)11(14)15/h4-8,13H,1-3H3,(H,14,15). The molecular formula is C12H16O3. The Morgan fingerprint density at radius 3 is 2.33 bits per heavy atom. The predicted molar refractivity (Wildman–Crippen MR) is 58.1 cm³/mol. The predicted octanol–water partition coefficient (Wildman–Crippen LogP) is 2.04. The quantitative estimate of drug-likeness (QED) is 0.799. The highest BCUT2D eigenvalue weighted by Gasteiger charge is 2.30. The largest absolute Gasteiger partial charge is 0.478 e. The number of carboxylic acid groups (broad SMARTS) is 1. The van der Waals surface area contributed by atoms with E-state index >= 15 is 0 Å². The van der Waals surface area contributed by atoms with E-state index in [9.17, 15) is 9.90 Å². The van der Waals surface area contributed by atoms with Crippen LogP contribution >= 0.6 is 0 Å². The van der Waals surface area contributed by atoms with Gasteiger partial charge in [-0.15, -0.1) is 0 Å². The first kappa shape index (κ1) is 11.7. The molecule has 82 valence electrons. The minimum absolute atomic E-state index is 0.253. The monoisotopic (exact) mass is 208 g/mol. The molecule has 2 N–H and O–H groups in total. The number of hydrogen-bond acceptors (Lipinski definition) is 2. The van der Waals surface area contributed by atoms with Gasteiger partial charge in [-0.05, 0) is 18.6 Å². The summed E-state index contributed by atoms with van der Waals surface area (Å²) in [5.74, 6) is -0.959. The van der Waals surface area contributed by atoms with E-state index in [1.807, 2.05) is 13.8 Å². The Morgan fingerprint density at radius 2 is 1.87 bits per heavy atom. The molecule has 0 aliphatic carbocycles. The lowest BCUT2D eigenvalue weighted by atomic mass is 9.78. The number of rotatable bonds is 3. The van der Waals surface area contributed by atoms with Gasteiger partial charge in [0.2, 0.25) is 0 Å². The molecule has 3 nitrogen and oxygen atoms in total. The highest BCUT2D eigenvalue weighted by atomic mass is 16.4. The molecule has 0 radical (unpaired) electrons. The van der Waals surface area contributed by atoms with E-state index in [-0.39, 0.29) is 5.56 Å². The first-order valence-corrected chi connectivity index (χ1v) is 4.88. The summed E-state index contributed by atoms with van der Waals surface area (Å²) in [5, 5.41) is 18.7. The third-order valence-electron chi connectivity index (χ3n) is 2.90. The van der Waals surface area contributed by atoms with Gasteiger partial charge in [-0.25, -0.2) is 4.79 Å². The zero-order chi connectivity index (χ0) is 11.6. The van der Waals surface area contributed by atoms with Gasteiger partial charge >= 0.3 is 5.97 Å². The Morgan fingerprint density at radius 1 is 1.33 bits per heavy atom. The molecule has 0 amide bonds. The van der Waals surface area contributed by atoms with Crippen LogP contribution in [0, 0.1) is 0 Å². The molecule has 1 aromatic carbocycles. The maximum absolute atomic E-state index is 11.0. The molecule has 0 aromatic heterocycles. The maximum atomic E-state index is 11.0. The Hall–Kier alpha value is -1.35. The summed E-state index contributed by atoms with van der Waals surface area (Å²) in [6.07, 6.45) is -0.599. The van der Waals surface area contributed by atoms with Crippen molar-refractivity contribution in [2.75, 3.05) is 0 Å². The molecule has 0 saturated heterocycles. The molecule has 0 bridgehead atoms. The molecule has 0 saturated carbocycles. The number of hydrogen-bond donors (Lipinski definition) is 2. The Balaban J connectivity index is 3.31. The summed E-state index contributed by atoms with van der Waals surface area (Å²) in [6.45, 7) is 5.33. The number of aromatic carboxylic acids is 1. The normalized spacial score (nSPS) is 13.6. The van der Waals surface area contributed by atoms with Gasteiger partial charge in [0.25, 0.3) is 0 Å². The molecule has 15 heavy (non-hydrogen) atoms. The summed E-state index contributed by atoms with van der Waals surface area (Å²) in [5.41, 5.74) is 0.352. The zero-order valence-corrected chi connectivity index (χ0v) is 9.19. The van der Waals surface area contributed by atoms with Gasteiger partial charge in [-0.1, -0.05) is 32.0 Å². The molecule has 0 heterocycles. The molecule has 0 aliphatic heterocycles. The summed E-state index contributed by atoms with van der Waals surface area (Å²) < 4.78 is 0. The highest BCUT2D eigenvalue weighted by Crippen LogP contribution is 2.29. The van der Waals surface area contributed by atoms with Crippen molar-refractivity contribution in [1.82, 2.24) is 0 Å². The van der Waals surface area contributed by atoms with Crippen LogP contribution < -0.4 is 0 Å². The number of aliphatic hydroxyl groups excluding tert-OH is 1. The van der Waals surface area contributed by atoms with E-state index < -0.39 is 17.5 Å². The number of carbonyl (C=O) groups is 1. The average Bonchev–Trinajstić information content (AvgIpc) is 2.17. The van der Waals surface area contributed by atoms with Crippen molar-refractivity contribution in [3.8, 4) is 0 Å². The topological polar surface area (TPSA) is 57.5 Å². The van der Waals surface area contributed by atoms with Gasteiger partial charge in [0.1, 0.15) is 0 Å². The number of carboxylic acids is 1. The molecular weight excluding hydrogens is 192 g/mol. The third-order valence-corrected chi connectivity index (χ3v) is 2.90. The van der Waals surface area contributed by atoms with Crippen LogP contribution in [0.1, 0.15) is 36.7 Å². The molecule has 1 atom stereocenters. The van der Waals surface area contributed by atoms with Gasteiger partial charge in [-0.2, -0.15) is 0 Å². The Kier molecular flexibility index (Phi) is 3.15. The second-order valence-corrected chi connectivity index (χ2v) is 4.25. The van der Waals surface area contributed by atoms with E-state index in [1.54, 1.807) is 31.2 Å². The second kappa shape index (κ2) is 4.03. The number of benzene rings is 1. The molecule has 0 aliphatic rings. The van der Waals surface area contributed by atoms with Crippen molar-refractivity contribution in [2.45, 2.75) is 32.3 Å². The fourth-order valence-corrected chi connectivity index (χ4v) is 1.46. The van der Waals surface area contributed by atoms with Crippen LogP contribution in [0.5, 0.6) is 0 Å². The average molecular weight is 208 g/mol. The SMILES string of the molecule is CC(O)C(C)(C)c1ccccc1C(=O)O. The van der Waals surface area contributed by atoms with Gasteiger partial charge in [0, 0.05) is 5.41 Å². The van der Waals surface area contributed by atoms with Gasteiger partial charge in [-0.3, -0.25) is 0 Å².